The summed E-state index contributed by atoms with van der Waals surface area (Å²) in [6.45, 7) is 4.92. The maximum Gasteiger partial charge on any atom is 0.253 e. The van der Waals surface area contributed by atoms with Crippen molar-refractivity contribution in [1.82, 2.24) is 10.1 Å². The van der Waals surface area contributed by atoms with Gasteiger partial charge in [0.1, 0.15) is 5.52 Å². The highest BCUT2D eigenvalue weighted by atomic mass is 16.5. The van der Waals surface area contributed by atoms with Gasteiger partial charge in [-0.3, -0.25) is 4.79 Å². The van der Waals surface area contributed by atoms with Crippen LogP contribution in [0.15, 0.2) is 53.1 Å². The summed E-state index contributed by atoms with van der Waals surface area (Å²) < 4.78 is 5.49. The Morgan fingerprint density at radius 3 is 2.61 bits per heavy atom. The van der Waals surface area contributed by atoms with Crippen LogP contribution in [0, 0.1) is 5.92 Å². The Kier molecular flexibility index (Phi) is 4.15. The van der Waals surface area contributed by atoms with Crippen LogP contribution in [0.4, 0.5) is 0 Å². The highest BCUT2D eigenvalue weighted by Crippen LogP contribution is 2.29. The van der Waals surface area contributed by atoms with Crippen LogP contribution in [0.5, 0.6) is 0 Å². The molecule has 0 N–H and O–H groups in total. The van der Waals surface area contributed by atoms with Gasteiger partial charge in [-0.25, -0.2) is 0 Å². The zero-order chi connectivity index (χ0) is 16.4. The summed E-state index contributed by atoms with van der Waals surface area (Å²) in [7, 11) is 1.83. The molecule has 1 amide bonds. The Morgan fingerprint density at radius 2 is 1.91 bits per heavy atom. The van der Waals surface area contributed by atoms with Crippen LogP contribution in [0.3, 0.4) is 0 Å². The van der Waals surface area contributed by atoms with Crippen molar-refractivity contribution in [2.24, 2.45) is 5.92 Å². The molecule has 3 rings (SSSR count). The lowest BCUT2D eigenvalue weighted by Crippen LogP contribution is -2.30. The van der Waals surface area contributed by atoms with Crippen molar-refractivity contribution >= 4 is 16.8 Å². The van der Waals surface area contributed by atoms with Crippen molar-refractivity contribution in [3.05, 3.63) is 54.1 Å². The molecule has 0 fully saturated rings. The molecule has 4 nitrogen and oxygen atoms in total. The third-order valence-corrected chi connectivity index (χ3v) is 3.75. The average Bonchev–Trinajstić information content (AvgIpc) is 2.97. The van der Waals surface area contributed by atoms with E-state index < -0.39 is 0 Å². The second kappa shape index (κ2) is 6.24. The van der Waals surface area contributed by atoms with Crippen LogP contribution in [0.25, 0.3) is 22.2 Å². The lowest BCUT2D eigenvalue weighted by atomic mass is 10.1. The lowest BCUT2D eigenvalue weighted by molar-refractivity contribution is 0.0779. The SMILES string of the molecule is CC(C)CN(C)C(=O)c1ccc2noc(-c3ccccc3)c2c1. The monoisotopic (exact) mass is 308 g/mol. The smallest absolute Gasteiger partial charge is 0.253 e. The van der Waals surface area contributed by atoms with Gasteiger partial charge in [0.25, 0.3) is 5.91 Å². The van der Waals surface area contributed by atoms with Crippen LogP contribution in [-0.4, -0.2) is 29.6 Å². The van der Waals surface area contributed by atoms with Gasteiger partial charge in [0.2, 0.25) is 0 Å². The zero-order valence-electron chi connectivity index (χ0n) is 13.6. The van der Waals surface area contributed by atoms with Gasteiger partial charge in [-0.1, -0.05) is 49.3 Å². The number of fused-ring (bicyclic) bond motifs is 1. The van der Waals surface area contributed by atoms with Crippen molar-refractivity contribution in [3.8, 4) is 11.3 Å². The Balaban J connectivity index is 2.00. The molecule has 0 unspecified atom stereocenters. The molecule has 2 aromatic carbocycles. The molecule has 0 aliphatic rings. The molecule has 0 spiro atoms. The van der Waals surface area contributed by atoms with Crippen molar-refractivity contribution in [2.75, 3.05) is 13.6 Å². The van der Waals surface area contributed by atoms with Crippen molar-refractivity contribution in [2.45, 2.75) is 13.8 Å². The molecule has 1 aromatic heterocycles. The molecular formula is C19H20N2O2. The van der Waals surface area contributed by atoms with E-state index in [9.17, 15) is 4.79 Å². The summed E-state index contributed by atoms with van der Waals surface area (Å²) in [6, 6.07) is 15.3. The molecule has 0 saturated heterocycles. The van der Waals surface area contributed by atoms with E-state index in [0.29, 0.717) is 17.2 Å². The molecule has 0 aliphatic carbocycles. The number of rotatable bonds is 4. The van der Waals surface area contributed by atoms with Crippen LogP contribution >= 0.6 is 0 Å². The first kappa shape index (κ1) is 15.3. The highest BCUT2D eigenvalue weighted by Gasteiger charge is 2.16. The molecule has 1 heterocycles. The number of nitrogens with zero attached hydrogens (tertiary/aromatic N) is 2. The fourth-order valence-electron chi connectivity index (χ4n) is 2.72. The van der Waals surface area contributed by atoms with Crippen molar-refractivity contribution in [1.29, 1.82) is 0 Å². The quantitative estimate of drug-likeness (QED) is 0.725. The molecule has 0 saturated carbocycles. The third kappa shape index (κ3) is 3.11. The fraction of sp³-hybridized carbons (Fsp3) is 0.263. The largest absolute Gasteiger partial charge is 0.355 e. The van der Waals surface area contributed by atoms with Gasteiger partial charge < -0.3 is 9.42 Å². The summed E-state index contributed by atoms with van der Waals surface area (Å²) in [4.78, 5) is 14.3. The normalized spacial score (nSPS) is 11.1. The fourth-order valence-corrected chi connectivity index (χ4v) is 2.72. The van der Waals surface area contributed by atoms with Crippen LogP contribution < -0.4 is 0 Å². The standard InChI is InChI=1S/C19H20N2O2/c1-13(2)12-21(3)19(22)15-9-10-17-16(11-15)18(23-20-17)14-7-5-4-6-8-14/h4-11,13H,12H2,1-3H3. The van der Waals surface area contributed by atoms with E-state index in [-0.39, 0.29) is 5.91 Å². The molecule has 118 valence electrons. The molecular weight excluding hydrogens is 288 g/mol. The van der Waals surface area contributed by atoms with Gasteiger partial charge in [0, 0.05) is 24.7 Å². The Bertz CT molecular complexity index is 822. The Morgan fingerprint density at radius 1 is 1.17 bits per heavy atom. The van der Waals surface area contributed by atoms with Gasteiger partial charge in [0.15, 0.2) is 5.76 Å². The van der Waals surface area contributed by atoms with Crippen LogP contribution in [-0.2, 0) is 0 Å². The van der Waals surface area contributed by atoms with E-state index in [1.54, 1.807) is 11.0 Å². The first-order valence-electron chi connectivity index (χ1n) is 7.76. The predicted molar refractivity (Wildman–Crippen MR) is 91.2 cm³/mol. The van der Waals surface area contributed by atoms with Crippen LogP contribution in [0.1, 0.15) is 24.2 Å². The van der Waals surface area contributed by atoms with Gasteiger partial charge in [-0.2, -0.15) is 0 Å². The summed E-state index contributed by atoms with van der Waals surface area (Å²) >= 11 is 0. The Hall–Kier alpha value is -2.62. The van der Waals surface area contributed by atoms with E-state index in [2.05, 4.69) is 19.0 Å². The molecule has 4 heteroatoms. The number of amides is 1. The minimum Gasteiger partial charge on any atom is -0.355 e. The van der Waals surface area contributed by atoms with Gasteiger partial charge in [0.05, 0.1) is 5.39 Å². The number of hydrogen-bond donors (Lipinski definition) is 0. The van der Waals surface area contributed by atoms with E-state index in [1.807, 2.05) is 49.5 Å². The summed E-state index contributed by atoms with van der Waals surface area (Å²) in [5.41, 5.74) is 2.36. The maximum atomic E-state index is 12.6. The Labute approximate surface area is 135 Å². The second-order valence-corrected chi connectivity index (χ2v) is 6.19. The number of benzene rings is 2. The summed E-state index contributed by atoms with van der Waals surface area (Å²) in [5, 5.41) is 4.95. The van der Waals surface area contributed by atoms with E-state index >= 15 is 0 Å². The van der Waals surface area contributed by atoms with Crippen molar-refractivity contribution < 1.29 is 9.32 Å². The van der Waals surface area contributed by atoms with Gasteiger partial charge >= 0.3 is 0 Å². The number of aromatic nitrogens is 1. The van der Waals surface area contributed by atoms with Crippen LogP contribution in [0.2, 0.25) is 0 Å². The maximum absolute atomic E-state index is 12.6. The van der Waals surface area contributed by atoms with E-state index in [1.165, 1.54) is 0 Å². The average molecular weight is 308 g/mol. The zero-order valence-corrected chi connectivity index (χ0v) is 13.6. The number of carbonyl (C=O) groups excluding carboxylic acids is 1. The molecule has 23 heavy (non-hydrogen) atoms. The third-order valence-electron chi connectivity index (χ3n) is 3.75. The predicted octanol–water partition coefficient (Wildman–Crippen LogP) is 4.22. The first-order valence-corrected chi connectivity index (χ1v) is 7.76. The first-order chi connectivity index (χ1) is 11.1. The molecule has 0 aliphatic heterocycles. The minimum atomic E-state index is 0.0146. The van der Waals surface area contributed by atoms with Gasteiger partial charge in [-0.05, 0) is 24.1 Å². The molecule has 3 aromatic rings. The molecule has 0 atom stereocenters. The van der Waals surface area contributed by atoms with Gasteiger partial charge in [-0.15, -0.1) is 0 Å². The van der Waals surface area contributed by atoms with E-state index in [0.717, 1.165) is 23.0 Å². The number of hydrogen-bond acceptors (Lipinski definition) is 3. The van der Waals surface area contributed by atoms with E-state index in [4.69, 9.17) is 4.52 Å². The highest BCUT2D eigenvalue weighted by molar-refractivity contribution is 6.00. The summed E-state index contributed by atoms with van der Waals surface area (Å²) in [6.07, 6.45) is 0. The second-order valence-electron chi connectivity index (χ2n) is 6.19. The topological polar surface area (TPSA) is 46.3 Å². The lowest BCUT2D eigenvalue weighted by Gasteiger charge is -2.19. The minimum absolute atomic E-state index is 0.0146. The number of carbonyl (C=O) groups is 1. The van der Waals surface area contributed by atoms with Crippen molar-refractivity contribution in [3.63, 3.8) is 0 Å². The summed E-state index contributed by atoms with van der Waals surface area (Å²) in [5.74, 6) is 1.14. The molecule has 0 bridgehead atoms. The molecule has 0 radical (unpaired) electrons.